The van der Waals surface area contributed by atoms with Crippen LogP contribution in [-0.2, 0) is 4.79 Å². The lowest BCUT2D eigenvalue weighted by atomic mass is 10.1. The molecule has 0 bridgehead atoms. The average molecular weight is 238 g/mol. The molecule has 1 rings (SSSR count). The van der Waals surface area contributed by atoms with Crippen LogP contribution in [0.3, 0.4) is 0 Å². The van der Waals surface area contributed by atoms with Crippen LogP contribution in [0.2, 0.25) is 0 Å². The van der Waals surface area contributed by atoms with Crippen LogP contribution in [0.4, 0.5) is 5.69 Å². The highest BCUT2D eigenvalue weighted by molar-refractivity contribution is 5.96. The van der Waals surface area contributed by atoms with Gasteiger partial charge in [0.05, 0.1) is 6.10 Å². The molecular formula is C11H14N2O4. The maximum atomic E-state index is 11.6. The Bertz CT molecular complexity index is 414. The van der Waals surface area contributed by atoms with Gasteiger partial charge in [-0.2, -0.15) is 0 Å². The standard InChI is InChI=1S/C11H14N2O4/c1-6(14)9(11(16)17)13-10(15)7-2-4-8(12)5-3-7/h2-6,9,14H,12H2,1H3,(H,13,15)(H,16,17). The summed E-state index contributed by atoms with van der Waals surface area (Å²) in [5.74, 6) is -1.86. The number of nitrogen functional groups attached to an aromatic ring is 1. The number of hydrogen-bond acceptors (Lipinski definition) is 4. The largest absolute Gasteiger partial charge is 0.480 e. The lowest BCUT2D eigenvalue weighted by molar-refractivity contribution is -0.141. The fraction of sp³-hybridized carbons (Fsp3) is 0.273. The van der Waals surface area contributed by atoms with Gasteiger partial charge < -0.3 is 21.3 Å². The third-order valence-electron chi connectivity index (χ3n) is 2.21. The van der Waals surface area contributed by atoms with Crippen LogP contribution in [0.25, 0.3) is 0 Å². The van der Waals surface area contributed by atoms with Crippen molar-refractivity contribution < 1.29 is 19.8 Å². The van der Waals surface area contributed by atoms with Crippen molar-refractivity contribution in [2.45, 2.75) is 19.1 Å². The highest BCUT2D eigenvalue weighted by atomic mass is 16.4. The second kappa shape index (κ2) is 5.31. The van der Waals surface area contributed by atoms with Crippen molar-refractivity contribution in [2.75, 3.05) is 5.73 Å². The van der Waals surface area contributed by atoms with Gasteiger partial charge in [0.25, 0.3) is 5.91 Å². The zero-order chi connectivity index (χ0) is 13.0. The summed E-state index contributed by atoms with van der Waals surface area (Å²) in [7, 11) is 0. The van der Waals surface area contributed by atoms with Gasteiger partial charge >= 0.3 is 5.97 Å². The molecule has 0 heterocycles. The van der Waals surface area contributed by atoms with Gasteiger partial charge in [-0.3, -0.25) is 4.79 Å². The fourth-order valence-electron chi connectivity index (χ4n) is 1.25. The van der Waals surface area contributed by atoms with Crippen molar-refractivity contribution in [1.82, 2.24) is 5.32 Å². The first-order chi connectivity index (χ1) is 7.91. The molecule has 2 atom stereocenters. The van der Waals surface area contributed by atoms with Gasteiger partial charge in [-0.15, -0.1) is 0 Å². The van der Waals surface area contributed by atoms with Crippen molar-refractivity contribution in [3.63, 3.8) is 0 Å². The van der Waals surface area contributed by atoms with E-state index in [-0.39, 0.29) is 5.56 Å². The van der Waals surface area contributed by atoms with Gasteiger partial charge in [0.2, 0.25) is 0 Å². The number of carboxylic acid groups (broad SMARTS) is 1. The summed E-state index contributed by atoms with van der Waals surface area (Å²) in [4.78, 5) is 22.4. The maximum Gasteiger partial charge on any atom is 0.328 e. The molecule has 0 aromatic heterocycles. The quantitative estimate of drug-likeness (QED) is 0.544. The number of rotatable bonds is 4. The first-order valence-electron chi connectivity index (χ1n) is 4.99. The summed E-state index contributed by atoms with van der Waals surface area (Å²) in [5.41, 5.74) is 6.25. The average Bonchev–Trinajstić information content (AvgIpc) is 2.25. The van der Waals surface area contributed by atoms with E-state index in [4.69, 9.17) is 10.8 Å². The van der Waals surface area contributed by atoms with E-state index in [0.29, 0.717) is 5.69 Å². The van der Waals surface area contributed by atoms with Crippen molar-refractivity contribution in [3.8, 4) is 0 Å². The number of nitrogens with two attached hydrogens (primary N) is 1. The van der Waals surface area contributed by atoms with Gasteiger partial charge in [-0.1, -0.05) is 0 Å². The van der Waals surface area contributed by atoms with Crippen molar-refractivity contribution in [2.24, 2.45) is 0 Å². The van der Waals surface area contributed by atoms with E-state index in [1.165, 1.54) is 31.2 Å². The molecule has 0 spiro atoms. The molecule has 6 heteroatoms. The Hall–Kier alpha value is -2.08. The number of carbonyl (C=O) groups is 2. The molecule has 0 saturated heterocycles. The van der Waals surface area contributed by atoms with Crippen LogP contribution < -0.4 is 11.1 Å². The minimum atomic E-state index is -1.33. The summed E-state index contributed by atoms with van der Waals surface area (Å²) < 4.78 is 0. The van der Waals surface area contributed by atoms with Crippen molar-refractivity contribution in [3.05, 3.63) is 29.8 Å². The minimum Gasteiger partial charge on any atom is -0.480 e. The molecular weight excluding hydrogens is 224 g/mol. The molecule has 6 nitrogen and oxygen atoms in total. The predicted octanol–water partition coefficient (Wildman–Crippen LogP) is -0.167. The van der Waals surface area contributed by atoms with E-state index >= 15 is 0 Å². The van der Waals surface area contributed by atoms with Crippen LogP contribution >= 0.6 is 0 Å². The summed E-state index contributed by atoms with van der Waals surface area (Å²) in [6, 6.07) is 4.69. The molecule has 1 aromatic carbocycles. The number of benzene rings is 1. The van der Waals surface area contributed by atoms with Gasteiger partial charge in [0.1, 0.15) is 0 Å². The van der Waals surface area contributed by atoms with Crippen LogP contribution in [-0.4, -0.2) is 34.2 Å². The van der Waals surface area contributed by atoms with E-state index in [1.54, 1.807) is 0 Å². The van der Waals surface area contributed by atoms with E-state index < -0.39 is 24.0 Å². The number of amides is 1. The molecule has 2 unspecified atom stereocenters. The molecule has 0 fully saturated rings. The van der Waals surface area contributed by atoms with Crippen molar-refractivity contribution in [1.29, 1.82) is 0 Å². The van der Waals surface area contributed by atoms with Crippen LogP contribution in [0.1, 0.15) is 17.3 Å². The molecule has 0 radical (unpaired) electrons. The Labute approximate surface area is 98.1 Å². The Balaban J connectivity index is 2.77. The lowest BCUT2D eigenvalue weighted by Gasteiger charge is -2.16. The second-order valence-electron chi connectivity index (χ2n) is 3.65. The summed E-state index contributed by atoms with van der Waals surface area (Å²) in [6.07, 6.45) is -1.18. The first-order valence-corrected chi connectivity index (χ1v) is 4.99. The van der Waals surface area contributed by atoms with Crippen LogP contribution in [0.15, 0.2) is 24.3 Å². The van der Waals surface area contributed by atoms with Gasteiger partial charge in [0, 0.05) is 11.3 Å². The minimum absolute atomic E-state index is 0.283. The Morgan fingerprint density at radius 2 is 1.82 bits per heavy atom. The normalized spacial score (nSPS) is 13.8. The van der Waals surface area contributed by atoms with Crippen LogP contribution in [0, 0.1) is 0 Å². The fourth-order valence-corrected chi connectivity index (χ4v) is 1.25. The maximum absolute atomic E-state index is 11.6. The monoisotopic (exact) mass is 238 g/mol. The van der Waals surface area contributed by atoms with Gasteiger partial charge in [0.15, 0.2) is 6.04 Å². The van der Waals surface area contributed by atoms with E-state index in [1.807, 2.05) is 0 Å². The number of aliphatic hydroxyl groups is 1. The van der Waals surface area contributed by atoms with E-state index in [2.05, 4.69) is 5.32 Å². The molecule has 0 saturated carbocycles. The molecule has 92 valence electrons. The molecule has 1 amide bonds. The third-order valence-corrected chi connectivity index (χ3v) is 2.21. The third kappa shape index (κ3) is 3.46. The molecule has 0 aliphatic rings. The number of hydrogen-bond donors (Lipinski definition) is 4. The zero-order valence-electron chi connectivity index (χ0n) is 9.25. The van der Waals surface area contributed by atoms with Gasteiger partial charge in [-0.05, 0) is 31.2 Å². The van der Waals surface area contributed by atoms with Crippen molar-refractivity contribution >= 4 is 17.6 Å². The molecule has 0 aliphatic carbocycles. The lowest BCUT2D eigenvalue weighted by Crippen LogP contribution is -2.47. The first kappa shape index (κ1) is 13.0. The second-order valence-corrected chi connectivity index (χ2v) is 3.65. The number of aliphatic hydroxyl groups excluding tert-OH is 1. The van der Waals surface area contributed by atoms with E-state index in [0.717, 1.165) is 0 Å². The topological polar surface area (TPSA) is 113 Å². The highest BCUT2D eigenvalue weighted by Crippen LogP contribution is 2.06. The number of aliphatic carboxylic acids is 1. The Morgan fingerprint density at radius 1 is 1.29 bits per heavy atom. The SMILES string of the molecule is CC(O)C(NC(=O)c1ccc(N)cc1)C(=O)O. The predicted molar refractivity (Wildman–Crippen MR) is 61.4 cm³/mol. The van der Waals surface area contributed by atoms with Crippen LogP contribution in [0.5, 0.6) is 0 Å². The van der Waals surface area contributed by atoms with E-state index in [9.17, 15) is 14.7 Å². The number of anilines is 1. The zero-order valence-corrected chi connectivity index (χ0v) is 9.25. The molecule has 1 aromatic rings. The Morgan fingerprint density at radius 3 is 2.24 bits per heavy atom. The summed E-state index contributed by atoms with van der Waals surface area (Å²) >= 11 is 0. The Kier molecular flexibility index (Phi) is 4.06. The molecule has 5 N–H and O–H groups in total. The number of carbonyl (C=O) groups excluding carboxylic acids is 1. The number of carboxylic acids is 1. The van der Waals surface area contributed by atoms with Gasteiger partial charge in [-0.25, -0.2) is 4.79 Å². The molecule has 17 heavy (non-hydrogen) atoms. The highest BCUT2D eigenvalue weighted by Gasteiger charge is 2.25. The molecule has 0 aliphatic heterocycles. The summed E-state index contributed by atoms with van der Waals surface area (Å²) in [5, 5.41) is 20.2. The smallest absolute Gasteiger partial charge is 0.328 e. The summed E-state index contributed by atoms with van der Waals surface area (Å²) in [6.45, 7) is 1.29. The number of nitrogens with one attached hydrogen (secondary N) is 1.